The Balaban J connectivity index is 0.000000459. The van der Waals surface area contributed by atoms with Crippen LogP contribution in [0.2, 0.25) is 0 Å². The Hall–Kier alpha value is -5.89. The summed E-state index contributed by atoms with van der Waals surface area (Å²) >= 11 is 0. The van der Waals surface area contributed by atoms with E-state index >= 15 is 0 Å². The summed E-state index contributed by atoms with van der Waals surface area (Å²) in [5, 5.41) is 13.4. The van der Waals surface area contributed by atoms with Gasteiger partial charge in [0.25, 0.3) is 0 Å². The van der Waals surface area contributed by atoms with Crippen molar-refractivity contribution in [1.82, 2.24) is 4.98 Å². The van der Waals surface area contributed by atoms with Crippen LogP contribution >= 0.6 is 0 Å². The number of aliphatic hydroxyl groups excluding tert-OH is 1. The molecule has 0 saturated heterocycles. The minimum absolute atomic E-state index is 0. The van der Waals surface area contributed by atoms with E-state index in [0.717, 1.165) is 11.3 Å². The number of nitrogens with zero attached hydrogens (tertiary/aromatic N) is 1. The van der Waals surface area contributed by atoms with Crippen molar-refractivity contribution in [3.05, 3.63) is 198 Å². The Kier molecular flexibility index (Phi) is 8.77. The van der Waals surface area contributed by atoms with E-state index in [-0.39, 0.29) is 32.6 Å². The van der Waals surface area contributed by atoms with E-state index in [0.29, 0.717) is 0 Å². The molecule has 0 amide bonds. The Morgan fingerprint density at radius 2 is 1.15 bits per heavy atom. The molecule has 0 radical (unpaired) electrons. The van der Waals surface area contributed by atoms with Gasteiger partial charge >= 0.3 is 0 Å². The maximum absolute atomic E-state index is 10.0. The van der Waals surface area contributed by atoms with Crippen LogP contribution < -0.4 is 0 Å². The molecule has 258 valence electrons. The van der Waals surface area contributed by atoms with Gasteiger partial charge in [-0.2, -0.15) is 0 Å². The van der Waals surface area contributed by atoms with Crippen molar-refractivity contribution in [2.45, 2.75) is 19.3 Å². The van der Waals surface area contributed by atoms with Gasteiger partial charge in [0.05, 0.1) is 5.76 Å². The van der Waals surface area contributed by atoms with Gasteiger partial charge in [-0.15, -0.1) is 35.4 Å². The van der Waals surface area contributed by atoms with E-state index in [1.54, 1.807) is 0 Å². The third-order valence-corrected chi connectivity index (χ3v) is 10.5. The minimum Gasteiger partial charge on any atom is -0.512 e. The zero-order valence-electron chi connectivity index (χ0n) is 29.2. The van der Waals surface area contributed by atoms with Gasteiger partial charge in [-0.05, 0) is 104 Å². The molecule has 0 aliphatic heterocycles. The number of allylic oxidation sites excluding steroid dienone is 2. The van der Waals surface area contributed by atoms with Crippen LogP contribution in [0.25, 0.3) is 66.2 Å². The van der Waals surface area contributed by atoms with E-state index in [4.69, 9.17) is 10.1 Å². The summed E-state index contributed by atoms with van der Waals surface area (Å²) in [5.74, 6) is -0.0625. The first kappa shape index (κ1) is 34.2. The van der Waals surface area contributed by atoms with Crippen LogP contribution in [0.15, 0.2) is 170 Å². The number of carbonyl (C=O) groups excluding carboxylic acids is 1. The van der Waals surface area contributed by atoms with Gasteiger partial charge < -0.3 is 10.1 Å². The molecule has 53 heavy (non-hydrogen) atoms. The number of pyridine rings is 1. The fourth-order valence-corrected chi connectivity index (χ4v) is 8.49. The second-order valence-electron chi connectivity index (χ2n) is 13.6. The standard InChI is InChI=1S/C44H26N.C5H8O2.Pt/c1-3-14-32-28(10-1)12-7-17-34(32)30-21-23-40-37(26-30)38-27-31(35-18-8-13-29-11-2-4-15-33(29)35)22-24-41(38)44(40)39-19-6-5-16-36(39)43-42(44)20-9-25-45-43;1-4(6)3-5(2)7;/h1-15,17-27H;3,6H,1-2H3;/q-1;;/b;4-3-;. The Morgan fingerprint density at radius 1 is 0.604 bits per heavy atom. The number of aromatic nitrogens is 1. The summed E-state index contributed by atoms with van der Waals surface area (Å²) < 4.78 is 0. The average molecular weight is 864 g/mol. The Morgan fingerprint density at radius 3 is 1.70 bits per heavy atom. The van der Waals surface area contributed by atoms with Crippen molar-refractivity contribution < 1.29 is 31.0 Å². The summed E-state index contributed by atoms with van der Waals surface area (Å²) in [7, 11) is 0. The van der Waals surface area contributed by atoms with Gasteiger partial charge in [-0.25, -0.2) is 0 Å². The number of hydrogen-bond donors (Lipinski definition) is 1. The molecular weight excluding hydrogens is 830 g/mol. The molecule has 7 aromatic carbocycles. The first-order valence-electron chi connectivity index (χ1n) is 17.6. The van der Waals surface area contributed by atoms with Gasteiger partial charge in [-0.3, -0.25) is 4.79 Å². The van der Waals surface area contributed by atoms with Crippen molar-refractivity contribution in [2.24, 2.45) is 0 Å². The quantitative estimate of drug-likeness (QED) is 0.109. The van der Waals surface area contributed by atoms with E-state index in [2.05, 4.69) is 152 Å². The second kappa shape index (κ2) is 13.6. The number of ketones is 1. The van der Waals surface area contributed by atoms with Crippen LogP contribution in [0.5, 0.6) is 0 Å². The van der Waals surface area contributed by atoms with Crippen LogP contribution in [0.4, 0.5) is 0 Å². The predicted molar refractivity (Wildman–Crippen MR) is 212 cm³/mol. The normalized spacial score (nSPS) is 13.0. The average Bonchev–Trinajstić information content (AvgIpc) is 3.64. The van der Waals surface area contributed by atoms with Crippen molar-refractivity contribution in [1.29, 1.82) is 0 Å². The predicted octanol–water partition coefficient (Wildman–Crippen LogP) is 11.9. The maximum atomic E-state index is 10.0. The SMILES string of the molecule is CC(=O)/C=C(/C)O.[Pt].[c-]1cccc2c1-c1ncccc1C21c2ccc(-c3cccc4ccccc34)cc2-c2cc(-c3cccc4ccccc34)ccc21. The number of benzene rings is 7. The first-order chi connectivity index (χ1) is 25.4. The molecule has 0 fully saturated rings. The molecule has 3 nitrogen and oxygen atoms in total. The monoisotopic (exact) mass is 863 g/mol. The Bertz CT molecular complexity index is 2570. The molecule has 2 aliphatic carbocycles. The van der Waals surface area contributed by atoms with Crippen LogP contribution in [0.3, 0.4) is 0 Å². The molecule has 1 aromatic heterocycles. The van der Waals surface area contributed by atoms with Gasteiger partial charge in [0.15, 0.2) is 5.78 Å². The molecule has 2 aliphatic rings. The minimum atomic E-state index is -0.448. The molecule has 0 unspecified atom stereocenters. The van der Waals surface area contributed by atoms with E-state index in [1.165, 1.54) is 97.1 Å². The fourth-order valence-electron chi connectivity index (χ4n) is 8.49. The van der Waals surface area contributed by atoms with E-state index in [9.17, 15) is 4.79 Å². The zero-order valence-corrected chi connectivity index (χ0v) is 31.5. The fraction of sp³-hybridized carbons (Fsp3) is 0.0612. The Labute approximate surface area is 323 Å². The number of hydrogen-bond acceptors (Lipinski definition) is 3. The maximum Gasteiger partial charge on any atom is 0.155 e. The van der Waals surface area contributed by atoms with Crippen molar-refractivity contribution in [2.75, 3.05) is 0 Å². The molecule has 4 heteroatoms. The number of carbonyl (C=O) groups is 1. The van der Waals surface area contributed by atoms with Crippen LogP contribution in [0.1, 0.15) is 36.1 Å². The third kappa shape index (κ3) is 5.47. The van der Waals surface area contributed by atoms with Gasteiger partial charge in [0.2, 0.25) is 0 Å². The molecular formula is C49H34NO2Pt-. The molecule has 1 spiro atoms. The van der Waals surface area contributed by atoms with Crippen LogP contribution in [0, 0.1) is 6.07 Å². The topological polar surface area (TPSA) is 50.2 Å². The summed E-state index contributed by atoms with van der Waals surface area (Å²) in [5.41, 5.74) is 14.3. The van der Waals surface area contributed by atoms with Gasteiger partial charge in [0.1, 0.15) is 0 Å². The summed E-state index contributed by atoms with van der Waals surface area (Å²) in [6.07, 6.45) is 3.08. The summed E-state index contributed by atoms with van der Waals surface area (Å²) in [6.45, 7) is 2.85. The molecule has 0 atom stereocenters. The van der Waals surface area contributed by atoms with Crippen molar-refractivity contribution >= 4 is 27.3 Å². The molecule has 1 N–H and O–H groups in total. The molecule has 0 saturated carbocycles. The zero-order chi connectivity index (χ0) is 35.4. The third-order valence-electron chi connectivity index (χ3n) is 10.5. The molecule has 10 rings (SSSR count). The van der Waals surface area contributed by atoms with Crippen molar-refractivity contribution in [3.8, 4) is 44.6 Å². The summed E-state index contributed by atoms with van der Waals surface area (Å²) in [6, 6.07) is 59.2. The van der Waals surface area contributed by atoms with Gasteiger partial charge in [-0.1, -0.05) is 121 Å². The smallest absolute Gasteiger partial charge is 0.155 e. The number of rotatable bonds is 3. The molecule has 1 heterocycles. The number of fused-ring (bicyclic) bond motifs is 12. The van der Waals surface area contributed by atoms with Crippen LogP contribution in [-0.4, -0.2) is 15.9 Å². The summed E-state index contributed by atoms with van der Waals surface area (Å²) in [4.78, 5) is 15.0. The number of aliphatic hydroxyl groups is 1. The molecule has 8 aromatic rings. The largest absolute Gasteiger partial charge is 0.512 e. The van der Waals surface area contributed by atoms with Crippen molar-refractivity contribution in [3.63, 3.8) is 0 Å². The van der Waals surface area contributed by atoms with E-state index in [1.807, 2.05) is 12.3 Å². The first-order valence-corrected chi connectivity index (χ1v) is 17.6. The van der Waals surface area contributed by atoms with E-state index < -0.39 is 5.41 Å². The molecule has 0 bridgehead atoms. The van der Waals surface area contributed by atoms with Gasteiger partial charge in [0, 0.05) is 38.8 Å². The van der Waals surface area contributed by atoms with Crippen LogP contribution in [-0.2, 0) is 31.3 Å². The second-order valence-corrected chi connectivity index (χ2v) is 13.6.